The number of hydrogen-bond acceptors (Lipinski definition) is 5. The lowest BCUT2D eigenvalue weighted by molar-refractivity contribution is -0.117. The van der Waals surface area contributed by atoms with Crippen LogP contribution in [0.25, 0.3) is 0 Å². The Morgan fingerprint density at radius 2 is 1.79 bits per heavy atom. The molecular weight excluding hydrogens is 392 g/mol. The Hall–Kier alpha value is -2.58. The summed E-state index contributed by atoms with van der Waals surface area (Å²) in [5, 5.41) is 2.86. The van der Waals surface area contributed by atoms with Gasteiger partial charge in [-0.3, -0.25) is 4.79 Å². The van der Waals surface area contributed by atoms with Crippen LogP contribution in [-0.4, -0.2) is 44.4 Å². The maximum absolute atomic E-state index is 13.1. The minimum Gasteiger partial charge on any atom is -0.486 e. The van der Waals surface area contributed by atoms with Gasteiger partial charge in [0.15, 0.2) is 11.5 Å². The average Bonchev–Trinajstić information content (AvgIpc) is 2.74. The van der Waals surface area contributed by atoms with Crippen LogP contribution in [-0.2, 0) is 14.8 Å². The lowest BCUT2D eigenvalue weighted by Crippen LogP contribution is -2.45. The van der Waals surface area contributed by atoms with Gasteiger partial charge in [-0.2, -0.15) is 4.31 Å². The van der Waals surface area contributed by atoms with E-state index in [-0.39, 0.29) is 23.3 Å². The highest BCUT2D eigenvalue weighted by Gasteiger charge is 2.34. The first kappa shape index (κ1) is 19.7. The third-order valence-corrected chi connectivity index (χ3v) is 7.14. The molecule has 2 aliphatic heterocycles. The van der Waals surface area contributed by atoms with Gasteiger partial charge >= 0.3 is 0 Å². The molecule has 29 heavy (non-hydrogen) atoms. The van der Waals surface area contributed by atoms with Crippen molar-refractivity contribution < 1.29 is 22.7 Å². The molecule has 1 atom stereocenters. The zero-order valence-corrected chi connectivity index (χ0v) is 16.9. The molecule has 2 aliphatic rings. The van der Waals surface area contributed by atoms with E-state index in [4.69, 9.17) is 9.47 Å². The fraction of sp³-hybridized carbons (Fsp3) is 0.381. The molecule has 0 radical (unpaired) electrons. The summed E-state index contributed by atoms with van der Waals surface area (Å²) in [6, 6.07) is 13.3. The molecule has 0 spiro atoms. The number of ether oxygens (including phenoxy) is 2. The Kier molecular flexibility index (Phi) is 5.73. The summed E-state index contributed by atoms with van der Waals surface area (Å²) in [6.45, 7) is 1.41. The van der Waals surface area contributed by atoms with Crippen molar-refractivity contribution in [2.24, 2.45) is 0 Å². The average molecular weight is 416 g/mol. The number of anilines is 1. The van der Waals surface area contributed by atoms with E-state index in [1.165, 1.54) is 4.31 Å². The van der Waals surface area contributed by atoms with Crippen molar-refractivity contribution in [3.05, 3.63) is 48.5 Å². The van der Waals surface area contributed by atoms with Gasteiger partial charge in [0.1, 0.15) is 13.2 Å². The molecule has 1 amide bonds. The number of fused-ring (bicyclic) bond motifs is 1. The smallest absolute Gasteiger partial charge is 0.243 e. The second-order valence-electron chi connectivity index (χ2n) is 7.19. The summed E-state index contributed by atoms with van der Waals surface area (Å²) in [6.07, 6.45) is 2.48. The summed E-state index contributed by atoms with van der Waals surface area (Å²) >= 11 is 0. The van der Waals surface area contributed by atoms with Crippen molar-refractivity contribution in [2.75, 3.05) is 25.1 Å². The molecule has 154 valence electrons. The van der Waals surface area contributed by atoms with E-state index in [2.05, 4.69) is 5.32 Å². The van der Waals surface area contributed by atoms with Crippen molar-refractivity contribution in [3.63, 3.8) is 0 Å². The molecule has 8 heteroatoms. The fourth-order valence-corrected chi connectivity index (χ4v) is 5.48. The minimum absolute atomic E-state index is 0.112. The predicted octanol–water partition coefficient (Wildman–Crippen LogP) is 3.03. The topological polar surface area (TPSA) is 84.9 Å². The number of hydrogen-bond donors (Lipinski definition) is 1. The third kappa shape index (κ3) is 4.38. The first-order valence-corrected chi connectivity index (χ1v) is 11.2. The number of nitrogens with one attached hydrogen (secondary N) is 1. The fourth-order valence-electron chi connectivity index (χ4n) is 3.77. The minimum atomic E-state index is -3.62. The molecule has 1 saturated heterocycles. The molecule has 1 unspecified atom stereocenters. The van der Waals surface area contributed by atoms with E-state index in [0.717, 1.165) is 12.8 Å². The van der Waals surface area contributed by atoms with E-state index in [1.807, 2.05) is 0 Å². The van der Waals surface area contributed by atoms with E-state index in [9.17, 15) is 13.2 Å². The molecule has 7 nitrogen and oxygen atoms in total. The monoisotopic (exact) mass is 416 g/mol. The lowest BCUT2D eigenvalue weighted by Gasteiger charge is -2.34. The van der Waals surface area contributed by atoms with Gasteiger partial charge in [-0.1, -0.05) is 24.6 Å². The highest BCUT2D eigenvalue weighted by atomic mass is 32.2. The van der Waals surface area contributed by atoms with Crippen molar-refractivity contribution in [1.82, 2.24) is 4.31 Å². The number of benzene rings is 2. The molecule has 0 aliphatic carbocycles. The normalized spacial score (nSPS) is 19.5. The summed E-state index contributed by atoms with van der Waals surface area (Å²) in [5.41, 5.74) is 0.604. The Morgan fingerprint density at radius 3 is 2.59 bits per heavy atom. The van der Waals surface area contributed by atoms with Gasteiger partial charge in [0.25, 0.3) is 0 Å². The number of nitrogens with zero attached hydrogens (tertiary/aromatic N) is 1. The van der Waals surface area contributed by atoms with E-state index >= 15 is 0 Å². The van der Waals surface area contributed by atoms with Crippen molar-refractivity contribution in [2.45, 2.75) is 36.6 Å². The van der Waals surface area contributed by atoms with Gasteiger partial charge in [0.05, 0.1) is 4.90 Å². The van der Waals surface area contributed by atoms with Crippen LogP contribution < -0.4 is 14.8 Å². The maximum atomic E-state index is 13.1. The number of piperidine rings is 1. The molecular formula is C21H24N2O5S. The molecule has 2 aromatic rings. The van der Waals surface area contributed by atoms with Crippen LogP contribution in [0.4, 0.5) is 5.69 Å². The first-order chi connectivity index (χ1) is 14.0. The zero-order chi connectivity index (χ0) is 20.3. The standard InChI is InChI=1S/C21H24N2O5S/c24-21(22-16-9-10-19-20(14-16)28-13-12-27-19)15-17-6-4-5-11-23(17)29(25,26)18-7-2-1-3-8-18/h1-3,7-10,14,17H,4-6,11-13,15H2,(H,22,24). The Bertz CT molecular complexity index is 978. The SMILES string of the molecule is O=C(CC1CCCCN1S(=O)(=O)c1ccccc1)Nc1ccc2c(c1)OCCO2. The summed E-state index contributed by atoms with van der Waals surface area (Å²) in [4.78, 5) is 12.9. The Labute approximate surface area is 170 Å². The molecule has 1 N–H and O–H groups in total. The van der Waals surface area contributed by atoms with Crippen molar-refractivity contribution >= 4 is 21.6 Å². The predicted molar refractivity (Wildman–Crippen MR) is 109 cm³/mol. The Morgan fingerprint density at radius 1 is 1.03 bits per heavy atom. The number of amides is 1. The molecule has 0 bridgehead atoms. The largest absolute Gasteiger partial charge is 0.486 e. The highest BCUT2D eigenvalue weighted by molar-refractivity contribution is 7.89. The summed E-state index contributed by atoms with van der Waals surface area (Å²) in [7, 11) is -3.62. The van der Waals surface area contributed by atoms with Gasteiger partial charge in [-0.25, -0.2) is 8.42 Å². The molecule has 0 saturated carbocycles. The van der Waals surface area contributed by atoms with Gasteiger partial charge in [-0.05, 0) is 37.1 Å². The summed E-state index contributed by atoms with van der Waals surface area (Å²) in [5.74, 6) is 1.03. The first-order valence-electron chi connectivity index (χ1n) is 9.80. The van der Waals surface area contributed by atoms with Crippen molar-refractivity contribution in [3.8, 4) is 11.5 Å². The zero-order valence-electron chi connectivity index (χ0n) is 16.0. The summed E-state index contributed by atoms with van der Waals surface area (Å²) < 4.78 is 38.6. The van der Waals surface area contributed by atoms with Crippen LogP contribution in [0.5, 0.6) is 11.5 Å². The molecule has 2 heterocycles. The number of carbonyl (C=O) groups is 1. The molecule has 0 aromatic heterocycles. The number of rotatable bonds is 5. The van der Waals surface area contributed by atoms with Crippen LogP contribution in [0.2, 0.25) is 0 Å². The van der Waals surface area contributed by atoms with E-state index < -0.39 is 10.0 Å². The van der Waals surface area contributed by atoms with Crippen molar-refractivity contribution in [1.29, 1.82) is 0 Å². The van der Waals surface area contributed by atoms with Crippen LogP contribution in [0.1, 0.15) is 25.7 Å². The van der Waals surface area contributed by atoms with Gasteiger partial charge in [0, 0.05) is 30.8 Å². The van der Waals surface area contributed by atoms with Gasteiger partial charge in [0.2, 0.25) is 15.9 Å². The highest BCUT2D eigenvalue weighted by Crippen LogP contribution is 2.33. The van der Waals surface area contributed by atoms with E-state index in [1.54, 1.807) is 48.5 Å². The van der Waals surface area contributed by atoms with Crippen LogP contribution in [0.15, 0.2) is 53.4 Å². The molecule has 4 rings (SSSR count). The Balaban J connectivity index is 1.46. The maximum Gasteiger partial charge on any atom is 0.243 e. The lowest BCUT2D eigenvalue weighted by atomic mass is 10.0. The molecule has 1 fully saturated rings. The van der Waals surface area contributed by atoms with Crippen LogP contribution in [0.3, 0.4) is 0 Å². The van der Waals surface area contributed by atoms with E-state index in [0.29, 0.717) is 43.4 Å². The van der Waals surface area contributed by atoms with Gasteiger partial charge < -0.3 is 14.8 Å². The number of carbonyl (C=O) groups excluding carboxylic acids is 1. The quantitative estimate of drug-likeness (QED) is 0.810. The van der Waals surface area contributed by atoms with Crippen LogP contribution >= 0.6 is 0 Å². The van der Waals surface area contributed by atoms with Gasteiger partial charge in [-0.15, -0.1) is 0 Å². The van der Waals surface area contributed by atoms with Crippen LogP contribution in [0, 0.1) is 0 Å². The second kappa shape index (κ2) is 8.42. The third-order valence-electron chi connectivity index (χ3n) is 5.17. The second-order valence-corrected chi connectivity index (χ2v) is 9.08. The number of sulfonamides is 1. The molecule has 2 aromatic carbocycles.